The normalized spacial score (nSPS) is 35.2. The molecule has 0 aromatic carbocycles. The lowest BCUT2D eigenvalue weighted by atomic mass is 9.67. The molecule has 0 saturated heterocycles. The van der Waals surface area contributed by atoms with E-state index in [1.165, 1.54) is 64.1 Å². The van der Waals surface area contributed by atoms with Crippen LogP contribution in [0.2, 0.25) is 0 Å². The van der Waals surface area contributed by atoms with E-state index in [4.69, 9.17) is 5.73 Å². The number of unbranched alkanes of at least 4 members (excludes halogenated alkanes) is 1. The van der Waals surface area contributed by atoms with Crippen LogP contribution in [0.1, 0.15) is 90.9 Å². The monoisotopic (exact) mass is 345 g/mol. The van der Waals surface area contributed by atoms with E-state index in [0.717, 1.165) is 19.3 Å². The molecule has 0 radical (unpaired) electrons. The molecule has 0 aromatic rings. The second-order valence-corrected chi connectivity index (χ2v) is 8.97. The summed E-state index contributed by atoms with van der Waals surface area (Å²) < 4.78 is 0. The molecule has 2 nitrogen and oxygen atoms in total. The van der Waals surface area contributed by atoms with E-state index >= 15 is 0 Å². The number of nitrogens with two attached hydrogens (primary N) is 1. The largest absolute Gasteiger partial charge is 0.328 e. The molecule has 25 heavy (non-hydrogen) atoms. The molecule has 2 fully saturated rings. The van der Waals surface area contributed by atoms with Gasteiger partial charge in [0.05, 0.1) is 0 Å². The highest BCUT2D eigenvalue weighted by Crippen LogP contribution is 2.56. The summed E-state index contributed by atoms with van der Waals surface area (Å²) in [6, 6.07) is 0.536. The minimum atomic E-state index is -0.0667. The van der Waals surface area contributed by atoms with Gasteiger partial charge in [-0.05, 0) is 56.3 Å². The van der Waals surface area contributed by atoms with E-state index in [2.05, 4.69) is 38.2 Å². The Balaban J connectivity index is 0.000000269. The van der Waals surface area contributed by atoms with Crippen molar-refractivity contribution in [3.63, 3.8) is 0 Å². The predicted octanol–water partition coefficient (Wildman–Crippen LogP) is 5.96. The average molecular weight is 346 g/mol. The van der Waals surface area contributed by atoms with Crippen molar-refractivity contribution in [2.75, 3.05) is 0 Å². The van der Waals surface area contributed by atoms with Crippen molar-refractivity contribution in [1.29, 1.82) is 0 Å². The van der Waals surface area contributed by atoms with Crippen LogP contribution in [0.25, 0.3) is 0 Å². The Bertz CT molecular complexity index is 463. The minimum Gasteiger partial charge on any atom is -0.328 e. The first kappa shape index (κ1) is 20.4. The fourth-order valence-electron chi connectivity index (χ4n) is 5.03. The Hall–Kier alpha value is -0.890. The third-order valence-electron chi connectivity index (χ3n) is 6.68. The fourth-order valence-corrected chi connectivity index (χ4v) is 5.03. The Morgan fingerprint density at radius 3 is 2.40 bits per heavy atom. The van der Waals surface area contributed by atoms with Crippen molar-refractivity contribution in [1.82, 2.24) is 0 Å². The lowest BCUT2D eigenvalue weighted by molar-refractivity contribution is -0.115. The lowest BCUT2D eigenvalue weighted by Gasteiger charge is -2.38. The molecule has 142 valence electrons. The summed E-state index contributed by atoms with van der Waals surface area (Å²) in [6.45, 7) is 4.41. The van der Waals surface area contributed by atoms with Crippen molar-refractivity contribution in [3.05, 3.63) is 24.3 Å². The average Bonchev–Trinajstić information content (AvgIpc) is 3.01. The fraction of sp³-hybridized carbons (Fsp3) is 0.783. The minimum absolute atomic E-state index is 0.0667. The van der Waals surface area contributed by atoms with E-state index < -0.39 is 0 Å². The molecule has 0 spiro atoms. The zero-order valence-electron chi connectivity index (χ0n) is 16.5. The number of carbonyl (C=O) groups is 1. The number of aldehydes is 1. The third-order valence-corrected chi connectivity index (χ3v) is 6.68. The van der Waals surface area contributed by atoms with Gasteiger partial charge in [-0.1, -0.05) is 70.3 Å². The SMILES string of the molecule is CCCCC1(C2C=CC=CC2)CCC(C)(C=O)C1.NC1CCCCC1. The van der Waals surface area contributed by atoms with Crippen molar-refractivity contribution in [2.45, 2.75) is 96.9 Å². The smallest absolute Gasteiger partial charge is 0.125 e. The maximum Gasteiger partial charge on any atom is 0.125 e. The maximum atomic E-state index is 11.3. The van der Waals surface area contributed by atoms with Gasteiger partial charge in [-0.15, -0.1) is 0 Å². The Labute approximate surface area is 155 Å². The third kappa shape index (κ3) is 5.81. The first-order chi connectivity index (χ1) is 12.0. The van der Waals surface area contributed by atoms with Crippen molar-refractivity contribution in [2.24, 2.45) is 22.5 Å². The van der Waals surface area contributed by atoms with E-state index in [9.17, 15) is 4.79 Å². The number of hydrogen-bond donors (Lipinski definition) is 1. The van der Waals surface area contributed by atoms with Crippen LogP contribution in [-0.2, 0) is 4.79 Å². The number of rotatable bonds is 5. The molecule has 2 N–H and O–H groups in total. The zero-order chi connectivity index (χ0) is 18.2. The van der Waals surface area contributed by atoms with E-state index in [0.29, 0.717) is 17.4 Å². The highest BCUT2D eigenvalue weighted by molar-refractivity contribution is 5.59. The summed E-state index contributed by atoms with van der Waals surface area (Å²) >= 11 is 0. The Morgan fingerprint density at radius 1 is 1.16 bits per heavy atom. The van der Waals surface area contributed by atoms with Crippen LogP contribution in [0, 0.1) is 16.7 Å². The van der Waals surface area contributed by atoms with E-state index in [1.54, 1.807) is 0 Å². The molecule has 2 saturated carbocycles. The van der Waals surface area contributed by atoms with Gasteiger partial charge in [0.2, 0.25) is 0 Å². The van der Waals surface area contributed by atoms with Gasteiger partial charge in [-0.2, -0.15) is 0 Å². The number of hydrogen-bond acceptors (Lipinski definition) is 2. The molecule has 0 bridgehead atoms. The summed E-state index contributed by atoms with van der Waals surface area (Å²) in [5, 5.41) is 0. The molecule has 0 aliphatic heterocycles. The van der Waals surface area contributed by atoms with Gasteiger partial charge >= 0.3 is 0 Å². The first-order valence-corrected chi connectivity index (χ1v) is 10.6. The summed E-state index contributed by atoms with van der Waals surface area (Å²) in [5.74, 6) is 0.649. The van der Waals surface area contributed by atoms with Crippen LogP contribution in [0.15, 0.2) is 24.3 Å². The molecule has 3 rings (SSSR count). The molecule has 0 aromatic heterocycles. The van der Waals surface area contributed by atoms with Crippen LogP contribution < -0.4 is 5.73 Å². The molecular formula is C23H39NO. The molecule has 3 atom stereocenters. The standard InChI is InChI=1S/C17H26O.C6H13N/c1-3-4-10-17(15-8-6-5-7-9-15)12-11-16(2,13-17)14-18;7-6-4-2-1-3-5-6/h5-8,14-15H,3-4,9-13H2,1-2H3;6H,1-5,7H2. The molecule has 0 heterocycles. The van der Waals surface area contributed by atoms with Gasteiger partial charge in [0.1, 0.15) is 6.29 Å². The number of carbonyl (C=O) groups excluding carboxylic acids is 1. The topological polar surface area (TPSA) is 43.1 Å². The van der Waals surface area contributed by atoms with Crippen LogP contribution in [0.5, 0.6) is 0 Å². The second-order valence-electron chi connectivity index (χ2n) is 8.97. The van der Waals surface area contributed by atoms with Crippen LogP contribution in [0.3, 0.4) is 0 Å². The predicted molar refractivity (Wildman–Crippen MR) is 107 cm³/mol. The zero-order valence-corrected chi connectivity index (χ0v) is 16.5. The van der Waals surface area contributed by atoms with Gasteiger partial charge in [0, 0.05) is 11.5 Å². The van der Waals surface area contributed by atoms with Crippen LogP contribution in [-0.4, -0.2) is 12.3 Å². The quantitative estimate of drug-likeness (QED) is 0.624. The number of allylic oxidation sites excluding steroid dienone is 4. The summed E-state index contributed by atoms with van der Waals surface area (Å²) in [5.41, 5.74) is 5.95. The second kappa shape index (κ2) is 9.71. The summed E-state index contributed by atoms with van der Waals surface area (Å²) in [7, 11) is 0. The first-order valence-electron chi connectivity index (χ1n) is 10.6. The Morgan fingerprint density at radius 2 is 1.92 bits per heavy atom. The summed E-state index contributed by atoms with van der Waals surface area (Å²) in [4.78, 5) is 11.3. The van der Waals surface area contributed by atoms with E-state index in [1.807, 2.05) is 0 Å². The molecule has 3 aliphatic carbocycles. The van der Waals surface area contributed by atoms with Crippen LogP contribution in [0.4, 0.5) is 0 Å². The molecule has 0 amide bonds. The van der Waals surface area contributed by atoms with Gasteiger partial charge in [-0.3, -0.25) is 0 Å². The van der Waals surface area contributed by atoms with Gasteiger partial charge < -0.3 is 10.5 Å². The van der Waals surface area contributed by atoms with Gasteiger partial charge in [0.15, 0.2) is 0 Å². The molecular weight excluding hydrogens is 306 g/mol. The molecule has 2 heteroatoms. The molecule has 3 unspecified atom stereocenters. The summed E-state index contributed by atoms with van der Waals surface area (Å²) in [6.07, 6.45) is 25.3. The van der Waals surface area contributed by atoms with Gasteiger partial charge in [-0.25, -0.2) is 0 Å². The van der Waals surface area contributed by atoms with Crippen molar-refractivity contribution < 1.29 is 4.79 Å². The Kier molecular flexibility index (Phi) is 7.93. The maximum absolute atomic E-state index is 11.3. The highest BCUT2D eigenvalue weighted by Gasteiger charge is 2.48. The van der Waals surface area contributed by atoms with Crippen molar-refractivity contribution >= 4 is 6.29 Å². The molecule has 3 aliphatic rings. The van der Waals surface area contributed by atoms with Crippen LogP contribution >= 0.6 is 0 Å². The van der Waals surface area contributed by atoms with Gasteiger partial charge in [0.25, 0.3) is 0 Å². The van der Waals surface area contributed by atoms with Crippen molar-refractivity contribution in [3.8, 4) is 0 Å². The van der Waals surface area contributed by atoms with E-state index in [-0.39, 0.29) is 5.41 Å². The highest BCUT2D eigenvalue weighted by atomic mass is 16.1. The lowest BCUT2D eigenvalue weighted by Crippen LogP contribution is -2.29.